The van der Waals surface area contributed by atoms with E-state index >= 15 is 0 Å². The van der Waals surface area contributed by atoms with Crippen LogP contribution in [0.1, 0.15) is 6.92 Å². The van der Waals surface area contributed by atoms with Gasteiger partial charge < -0.3 is 0 Å². The molecule has 2 aromatic carbocycles. The molecule has 3 heteroatoms. The molecule has 2 aromatic rings. The molecule has 2 rings (SSSR count). The maximum Gasteiger partial charge on any atom is 0.0711 e. The molecule has 0 atom stereocenters. The van der Waals surface area contributed by atoms with Crippen LogP contribution < -0.4 is 10.9 Å². The minimum atomic E-state index is 0.997. The molecule has 0 aromatic heterocycles. The van der Waals surface area contributed by atoms with Crippen LogP contribution in [0.15, 0.2) is 59.5 Å². The number of hydrogen-bond donors (Lipinski definition) is 1. The Bertz CT molecular complexity index is 471. The lowest BCUT2D eigenvalue weighted by Crippen LogP contribution is -2.25. The molecular formula is C14H16N2S. The van der Waals surface area contributed by atoms with Crippen molar-refractivity contribution < 1.29 is 0 Å². The summed E-state index contributed by atoms with van der Waals surface area (Å²) in [6.07, 6.45) is 0. The van der Waals surface area contributed by atoms with Gasteiger partial charge in [-0.2, -0.15) is 0 Å². The summed E-state index contributed by atoms with van der Waals surface area (Å²) < 4.78 is 0. The van der Waals surface area contributed by atoms with Crippen molar-refractivity contribution in [3.8, 4) is 0 Å². The molecule has 2 nitrogen and oxygen atoms in total. The fourth-order valence-corrected chi connectivity index (χ4v) is 2.46. The lowest BCUT2D eigenvalue weighted by Gasteiger charge is -2.21. The van der Waals surface area contributed by atoms with Gasteiger partial charge in [0.25, 0.3) is 0 Å². The van der Waals surface area contributed by atoms with Crippen LogP contribution in [0.3, 0.4) is 0 Å². The van der Waals surface area contributed by atoms with Crippen molar-refractivity contribution in [2.45, 2.75) is 11.8 Å². The normalized spacial score (nSPS) is 10.2. The van der Waals surface area contributed by atoms with E-state index in [1.807, 2.05) is 48.5 Å². The Balaban J connectivity index is 2.33. The first-order valence-electron chi connectivity index (χ1n) is 5.64. The largest absolute Gasteiger partial charge is 0.279 e. The van der Waals surface area contributed by atoms with Gasteiger partial charge in [-0.1, -0.05) is 37.3 Å². The summed E-state index contributed by atoms with van der Waals surface area (Å²) in [5, 5.41) is 1.73. The minimum Gasteiger partial charge on any atom is -0.279 e. The summed E-state index contributed by atoms with van der Waals surface area (Å²) in [5.74, 6) is 7.21. The van der Waals surface area contributed by atoms with Gasteiger partial charge in [0.05, 0.1) is 11.4 Å². The van der Waals surface area contributed by atoms with Gasteiger partial charge >= 0.3 is 0 Å². The van der Waals surface area contributed by atoms with Crippen molar-refractivity contribution in [1.82, 2.24) is 0 Å². The second-order valence-electron chi connectivity index (χ2n) is 3.61. The van der Waals surface area contributed by atoms with E-state index in [4.69, 9.17) is 5.84 Å². The van der Waals surface area contributed by atoms with Crippen LogP contribution in [0.4, 0.5) is 11.4 Å². The molecule has 88 valence electrons. The second kappa shape index (κ2) is 5.75. The van der Waals surface area contributed by atoms with Gasteiger partial charge in [0.1, 0.15) is 0 Å². The average Bonchev–Trinajstić information content (AvgIpc) is 2.40. The van der Waals surface area contributed by atoms with Gasteiger partial charge in [0.2, 0.25) is 0 Å². The first-order chi connectivity index (χ1) is 8.33. The smallest absolute Gasteiger partial charge is 0.0711 e. The zero-order chi connectivity index (χ0) is 12.1. The Hall–Kier alpha value is -1.45. The van der Waals surface area contributed by atoms with Gasteiger partial charge in [0, 0.05) is 4.90 Å². The van der Waals surface area contributed by atoms with Crippen molar-refractivity contribution in [1.29, 1.82) is 0 Å². The van der Waals surface area contributed by atoms with Crippen LogP contribution in [0, 0.1) is 0 Å². The molecule has 0 radical (unpaired) electrons. The van der Waals surface area contributed by atoms with Crippen LogP contribution >= 0.6 is 11.8 Å². The van der Waals surface area contributed by atoms with E-state index in [0.29, 0.717) is 0 Å². The molecule has 0 aliphatic heterocycles. The summed E-state index contributed by atoms with van der Waals surface area (Å²) in [6.45, 7) is 2.14. The Morgan fingerprint density at radius 1 is 1.00 bits per heavy atom. The van der Waals surface area contributed by atoms with Gasteiger partial charge in [-0.05, 0) is 30.0 Å². The Labute approximate surface area is 106 Å². The molecule has 0 fully saturated rings. The molecule has 0 aliphatic carbocycles. The highest BCUT2D eigenvalue weighted by Crippen LogP contribution is 2.32. The summed E-state index contributed by atoms with van der Waals surface area (Å²) >= 11 is 1.80. The molecule has 0 saturated heterocycles. The van der Waals surface area contributed by atoms with E-state index < -0.39 is 0 Å². The first kappa shape index (κ1) is 12.0. The summed E-state index contributed by atoms with van der Waals surface area (Å²) in [7, 11) is 0. The number of benzene rings is 2. The van der Waals surface area contributed by atoms with Crippen molar-refractivity contribution in [3.63, 3.8) is 0 Å². The molecule has 0 spiro atoms. The number of anilines is 2. The fourth-order valence-electron chi connectivity index (χ4n) is 1.66. The highest BCUT2D eigenvalue weighted by molar-refractivity contribution is 7.99. The van der Waals surface area contributed by atoms with Crippen LogP contribution in [0.2, 0.25) is 0 Å². The number of nitrogens with zero attached hydrogens (tertiary/aromatic N) is 1. The zero-order valence-corrected chi connectivity index (χ0v) is 10.7. The predicted octanol–water partition coefficient (Wildman–Crippen LogP) is 3.81. The summed E-state index contributed by atoms with van der Waals surface area (Å²) in [4.78, 5) is 1.21. The van der Waals surface area contributed by atoms with Crippen molar-refractivity contribution in [2.24, 2.45) is 5.84 Å². The topological polar surface area (TPSA) is 29.3 Å². The maximum absolute atomic E-state index is 6.17. The Kier molecular flexibility index (Phi) is 4.07. The van der Waals surface area contributed by atoms with E-state index in [1.54, 1.807) is 16.8 Å². The molecular weight excluding hydrogens is 228 g/mol. The van der Waals surface area contributed by atoms with Crippen LogP contribution in [-0.2, 0) is 0 Å². The number of hydrogen-bond acceptors (Lipinski definition) is 3. The fraction of sp³-hybridized carbons (Fsp3) is 0.143. The lowest BCUT2D eigenvalue weighted by molar-refractivity contribution is 1.06. The molecule has 0 bridgehead atoms. The van der Waals surface area contributed by atoms with Crippen LogP contribution in [-0.4, -0.2) is 5.75 Å². The van der Waals surface area contributed by atoms with Gasteiger partial charge in [0.15, 0.2) is 0 Å². The number of thioether (sulfide) groups is 1. The molecule has 0 heterocycles. The third-order valence-electron chi connectivity index (χ3n) is 2.46. The van der Waals surface area contributed by atoms with Crippen LogP contribution in [0.25, 0.3) is 0 Å². The van der Waals surface area contributed by atoms with Gasteiger partial charge in [-0.15, -0.1) is 11.8 Å². The van der Waals surface area contributed by atoms with Crippen LogP contribution in [0.5, 0.6) is 0 Å². The molecule has 17 heavy (non-hydrogen) atoms. The Morgan fingerprint density at radius 2 is 1.65 bits per heavy atom. The van der Waals surface area contributed by atoms with E-state index in [1.165, 1.54) is 4.90 Å². The minimum absolute atomic E-state index is 0.997. The molecule has 0 aliphatic rings. The zero-order valence-electron chi connectivity index (χ0n) is 9.84. The van der Waals surface area contributed by atoms with E-state index in [2.05, 4.69) is 13.0 Å². The Morgan fingerprint density at radius 3 is 2.35 bits per heavy atom. The predicted molar refractivity (Wildman–Crippen MR) is 75.6 cm³/mol. The monoisotopic (exact) mass is 244 g/mol. The third kappa shape index (κ3) is 2.81. The number of hydrazine groups is 1. The quantitative estimate of drug-likeness (QED) is 0.504. The number of nitrogens with two attached hydrogens (primary N) is 1. The van der Waals surface area contributed by atoms with E-state index in [9.17, 15) is 0 Å². The average molecular weight is 244 g/mol. The molecule has 0 amide bonds. The van der Waals surface area contributed by atoms with E-state index in [-0.39, 0.29) is 0 Å². The molecule has 2 N–H and O–H groups in total. The lowest BCUT2D eigenvalue weighted by atomic mass is 10.2. The van der Waals surface area contributed by atoms with Crippen molar-refractivity contribution in [3.05, 3.63) is 54.6 Å². The highest BCUT2D eigenvalue weighted by Gasteiger charge is 2.08. The van der Waals surface area contributed by atoms with Crippen molar-refractivity contribution >= 4 is 23.1 Å². The van der Waals surface area contributed by atoms with Gasteiger partial charge in [-0.3, -0.25) is 5.01 Å². The second-order valence-corrected chi connectivity index (χ2v) is 4.91. The number of rotatable bonds is 4. The first-order valence-corrected chi connectivity index (χ1v) is 6.63. The van der Waals surface area contributed by atoms with Gasteiger partial charge in [-0.25, -0.2) is 5.84 Å². The molecule has 0 saturated carbocycles. The van der Waals surface area contributed by atoms with E-state index in [0.717, 1.165) is 17.1 Å². The standard InChI is InChI=1S/C14H16N2S/c1-2-17-14-11-7-6-10-13(14)16(15)12-8-4-3-5-9-12/h3-11H,2,15H2,1H3. The SMILES string of the molecule is CCSc1ccccc1N(N)c1ccccc1. The molecule has 0 unspecified atom stereocenters. The summed E-state index contributed by atoms with van der Waals surface area (Å²) in [6, 6.07) is 18.2. The summed E-state index contributed by atoms with van der Waals surface area (Å²) in [5.41, 5.74) is 2.04. The maximum atomic E-state index is 6.17. The third-order valence-corrected chi connectivity index (χ3v) is 3.40. The van der Waals surface area contributed by atoms with Crippen molar-refractivity contribution in [2.75, 3.05) is 10.8 Å². The number of para-hydroxylation sites is 2. The highest BCUT2D eigenvalue weighted by atomic mass is 32.2.